The fraction of sp³-hybridized carbons (Fsp3) is 0.818. The molecule has 0 amide bonds. The van der Waals surface area contributed by atoms with Gasteiger partial charge in [-0.3, -0.25) is 9.59 Å². The topological polar surface area (TPSA) is 74.6 Å². The van der Waals surface area contributed by atoms with E-state index in [1.54, 1.807) is 0 Å². The van der Waals surface area contributed by atoms with Crippen molar-refractivity contribution < 1.29 is 19.8 Å². The molecule has 0 spiro atoms. The molecule has 4 nitrogen and oxygen atoms in total. The van der Waals surface area contributed by atoms with E-state index < -0.39 is 5.97 Å². The highest BCUT2D eigenvalue weighted by Gasteiger charge is 2.32. The Hall–Kier alpha value is -1.16. The Morgan fingerprint density at radius 1 is 1.12 bits per heavy atom. The first-order chi connectivity index (χ1) is 12.5. The standard InChI is InChI=1S/C22H38O4/c1-2-3-8-11-19(23)16-14-18-15-17-21(24)20(18)12-9-6-4-5-7-10-13-22(25)26/h14,16,18-20,23H,2-13,15,17H2,1H3,(H,25,26)/b16-14+/t18-,19+,20+/m0/s1. The van der Waals surface area contributed by atoms with E-state index in [0.29, 0.717) is 18.1 Å². The molecule has 0 aromatic rings. The van der Waals surface area contributed by atoms with Crippen LogP contribution in [0, 0.1) is 11.8 Å². The van der Waals surface area contributed by atoms with E-state index in [1.807, 2.05) is 6.08 Å². The lowest BCUT2D eigenvalue weighted by Gasteiger charge is -2.15. The maximum Gasteiger partial charge on any atom is 0.303 e. The van der Waals surface area contributed by atoms with Crippen molar-refractivity contribution in [3.05, 3.63) is 12.2 Å². The molecule has 1 rings (SSSR count). The van der Waals surface area contributed by atoms with Gasteiger partial charge in [-0.2, -0.15) is 0 Å². The zero-order chi connectivity index (χ0) is 19.2. The van der Waals surface area contributed by atoms with Crippen molar-refractivity contribution in [3.63, 3.8) is 0 Å². The second-order valence-corrected chi connectivity index (χ2v) is 7.78. The molecule has 1 fully saturated rings. The number of carboxylic acids is 1. The smallest absolute Gasteiger partial charge is 0.303 e. The number of Topliss-reactive ketones (excluding diaryl/α,β-unsaturated/α-hetero) is 1. The van der Waals surface area contributed by atoms with Crippen molar-refractivity contribution in [2.24, 2.45) is 11.8 Å². The van der Waals surface area contributed by atoms with E-state index in [9.17, 15) is 14.7 Å². The fourth-order valence-electron chi connectivity index (χ4n) is 3.86. The number of hydrogen-bond acceptors (Lipinski definition) is 3. The van der Waals surface area contributed by atoms with Crippen LogP contribution in [0.4, 0.5) is 0 Å². The quantitative estimate of drug-likeness (QED) is 0.305. The van der Waals surface area contributed by atoms with Gasteiger partial charge in [0.05, 0.1) is 6.10 Å². The summed E-state index contributed by atoms with van der Waals surface area (Å²) in [5.74, 6) is 0.126. The Balaban J connectivity index is 2.20. The highest BCUT2D eigenvalue weighted by atomic mass is 16.4. The lowest BCUT2D eigenvalue weighted by Crippen LogP contribution is -2.14. The van der Waals surface area contributed by atoms with E-state index in [2.05, 4.69) is 13.0 Å². The zero-order valence-corrected chi connectivity index (χ0v) is 16.5. The number of carbonyl (C=O) groups excluding carboxylic acids is 1. The monoisotopic (exact) mass is 366 g/mol. The Morgan fingerprint density at radius 3 is 2.50 bits per heavy atom. The first-order valence-electron chi connectivity index (χ1n) is 10.7. The average Bonchev–Trinajstić information content (AvgIpc) is 2.95. The summed E-state index contributed by atoms with van der Waals surface area (Å²) in [7, 11) is 0. The minimum atomic E-state index is -0.709. The van der Waals surface area contributed by atoms with Gasteiger partial charge in [-0.05, 0) is 31.6 Å². The molecule has 1 saturated carbocycles. The van der Waals surface area contributed by atoms with Crippen molar-refractivity contribution in [1.82, 2.24) is 0 Å². The molecule has 0 aromatic carbocycles. The molecular formula is C22H38O4. The van der Waals surface area contributed by atoms with Crippen LogP contribution < -0.4 is 0 Å². The summed E-state index contributed by atoms with van der Waals surface area (Å²) in [6.45, 7) is 2.16. The van der Waals surface area contributed by atoms with Crippen LogP contribution in [0.1, 0.15) is 96.8 Å². The minimum absolute atomic E-state index is 0.140. The largest absolute Gasteiger partial charge is 0.481 e. The van der Waals surface area contributed by atoms with Crippen LogP contribution >= 0.6 is 0 Å². The number of rotatable bonds is 15. The first kappa shape index (κ1) is 22.9. The molecule has 150 valence electrons. The van der Waals surface area contributed by atoms with Gasteiger partial charge in [0.1, 0.15) is 5.78 Å². The summed E-state index contributed by atoms with van der Waals surface area (Å²) in [4.78, 5) is 22.6. The predicted octanol–water partition coefficient (Wildman–Crippen LogP) is 5.28. The van der Waals surface area contributed by atoms with Crippen LogP contribution in [0.3, 0.4) is 0 Å². The number of hydrogen-bond donors (Lipinski definition) is 2. The Morgan fingerprint density at radius 2 is 1.81 bits per heavy atom. The van der Waals surface area contributed by atoms with Crippen LogP contribution in [0.15, 0.2) is 12.2 Å². The molecule has 0 saturated heterocycles. The van der Waals surface area contributed by atoms with E-state index >= 15 is 0 Å². The van der Waals surface area contributed by atoms with E-state index in [4.69, 9.17) is 5.11 Å². The lowest BCUT2D eigenvalue weighted by atomic mass is 9.89. The summed E-state index contributed by atoms with van der Waals surface area (Å²) in [6, 6.07) is 0. The van der Waals surface area contributed by atoms with Gasteiger partial charge in [-0.25, -0.2) is 0 Å². The second kappa shape index (κ2) is 14.0. The summed E-state index contributed by atoms with van der Waals surface area (Å²) < 4.78 is 0. The van der Waals surface area contributed by atoms with Crippen molar-refractivity contribution in [3.8, 4) is 0 Å². The molecule has 0 aliphatic heterocycles. The van der Waals surface area contributed by atoms with Crippen molar-refractivity contribution in [1.29, 1.82) is 0 Å². The van der Waals surface area contributed by atoms with Crippen LogP contribution in [-0.4, -0.2) is 28.1 Å². The van der Waals surface area contributed by atoms with Crippen molar-refractivity contribution >= 4 is 11.8 Å². The number of allylic oxidation sites excluding steroid dienone is 1. The molecule has 0 heterocycles. The molecule has 1 aliphatic carbocycles. The Kier molecular flexibility index (Phi) is 12.3. The number of carbonyl (C=O) groups is 2. The van der Waals surface area contributed by atoms with Gasteiger partial charge in [-0.1, -0.05) is 70.4 Å². The van der Waals surface area contributed by atoms with Crippen molar-refractivity contribution in [2.75, 3.05) is 0 Å². The number of aliphatic hydroxyl groups excluding tert-OH is 1. The Labute approximate surface area is 159 Å². The molecule has 0 radical (unpaired) electrons. The number of carboxylic acid groups (broad SMARTS) is 1. The summed E-state index contributed by atoms with van der Waals surface area (Å²) >= 11 is 0. The SMILES string of the molecule is CCCCC[C@@H](O)/C=C/[C@H]1CCC(=O)[C@@H]1CCCCCCCCC(=O)O. The highest BCUT2D eigenvalue weighted by molar-refractivity contribution is 5.83. The normalized spacial score (nSPS) is 21.5. The first-order valence-corrected chi connectivity index (χ1v) is 10.7. The van der Waals surface area contributed by atoms with Crippen LogP contribution in [0.5, 0.6) is 0 Å². The third-order valence-corrected chi connectivity index (χ3v) is 5.49. The predicted molar refractivity (Wildman–Crippen MR) is 105 cm³/mol. The van der Waals surface area contributed by atoms with Gasteiger partial charge in [0, 0.05) is 18.8 Å². The summed E-state index contributed by atoms with van der Waals surface area (Å²) in [6.07, 6.45) is 16.8. The number of aliphatic hydroxyl groups is 1. The van der Waals surface area contributed by atoms with E-state index in [0.717, 1.165) is 77.0 Å². The van der Waals surface area contributed by atoms with Crippen LogP contribution in [-0.2, 0) is 9.59 Å². The molecule has 1 aliphatic rings. The molecule has 4 heteroatoms. The van der Waals surface area contributed by atoms with Gasteiger partial charge < -0.3 is 10.2 Å². The molecular weight excluding hydrogens is 328 g/mol. The van der Waals surface area contributed by atoms with Gasteiger partial charge in [0.2, 0.25) is 0 Å². The third kappa shape index (κ3) is 10.1. The lowest BCUT2D eigenvalue weighted by molar-refractivity contribution is -0.137. The summed E-state index contributed by atoms with van der Waals surface area (Å²) in [5.41, 5.74) is 0. The molecule has 0 unspecified atom stereocenters. The molecule has 3 atom stereocenters. The van der Waals surface area contributed by atoms with Gasteiger partial charge in [-0.15, -0.1) is 0 Å². The molecule has 26 heavy (non-hydrogen) atoms. The minimum Gasteiger partial charge on any atom is -0.481 e. The fourth-order valence-corrected chi connectivity index (χ4v) is 3.86. The third-order valence-electron chi connectivity index (χ3n) is 5.49. The highest BCUT2D eigenvalue weighted by Crippen LogP contribution is 2.34. The number of unbranched alkanes of at least 4 members (excludes halogenated alkanes) is 7. The Bertz CT molecular complexity index is 430. The van der Waals surface area contributed by atoms with Crippen LogP contribution in [0.25, 0.3) is 0 Å². The second-order valence-electron chi connectivity index (χ2n) is 7.78. The molecule has 0 bridgehead atoms. The molecule has 0 aromatic heterocycles. The van der Waals surface area contributed by atoms with Gasteiger partial charge >= 0.3 is 5.97 Å². The van der Waals surface area contributed by atoms with Gasteiger partial charge in [0.15, 0.2) is 0 Å². The van der Waals surface area contributed by atoms with E-state index in [1.165, 1.54) is 0 Å². The summed E-state index contributed by atoms with van der Waals surface area (Å²) in [5, 5.41) is 18.6. The van der Waals surface area contributed by atoms with Crippen LogP contribution in [0.2, 0.25) is 0 Å². The van der Waals surface area contributed by atoms with Crippen molar-refractivity contribution in [2.45, 2.75) is 103 Å². The molecule has 2 N–H and O–H groups in total. The average molecular weight is 367 g/mol. The number of aliphatic carboxylic acids is 1. The van der Waals surface area contributed by atoms with E-state index in [-0.39, 0.29) is 18.4 Å². The van der Waals surface area contributed by atoms with Gasteiger partial charge in [0.25, 0.3) is 0 Å². The zero-order valence-electron chi connectivity index (χ0n) is 16.5. The maximum atomic E-state index is 12.2. The maximum absolute atomic E-state index is 12.2. The number of ketones is 1.